The van der Waals surface area contributed by atoms with Gasteiger partial charge in [-0.25, -0.2) is 9.59 Å². The number of carbonyl (C=O) groups is 2. The monoisotopic (exact) mass is 328 g/mol. The van der Waals surface area contributed by atoms with Crippen molar-refractivity contribution in [3.8, 4) is 0 Å². The summed E-state index contributed by atoms with van der Waals surface area (Å²) in [6, 6.07) is 2.88. The number of ether oxygens (including phenoxy) is 1. The summed E-state index contributed by atoms with van der Waals surface area (Å²) in [6.45, 7) is 13.0. The van der Waals surface area contributed by atoms with E-state index in [4.69, 9.17) is 4.43 Å². The van der Waals surface area contributed by atoms with Crippen molar-refractivity contribution in [3.63, 3.8) is 0 Å². The Morgan fingerprint density at radius 1 is 0.818 bits per heavy atom. The zero-order valence-electron chi connectivity index (χ0n) is 15.1. The first kappa shape index (κ1) is 20.9. The van der Waals surface area contributed by atoms with E-state index in [1.54, 1.807) is 0 Å². The molecule has 0 saturated heterocycles. The van der Waals surface area contributed by atoms with E-state index in [0.717, 1.165) is 24.2 Å². The summed E-state index contributed by atoms with van der Waals surface area (Å²) in [5.41, 5.74) is 0. The zero-order chi connectivity index (χ0) is 17.3. The molecule has 0 radical (unpaired) electrons. The number of methoxy groups -OCH3 is 1. The molecule has 0 aliphatic heterocycles. The molecule has 0 heterocycles. The number of carbonyl (C=O) groups excluding carboxylic acids is 2. The first-order chi connectivity index (χ1) is 10.1. The Kier molecular flexibility index (Phi) is 9.33. The van der Waals surface area contributed by atoms with E-state index in [1.165, 1.54) is 13.2 Å². The van der Waals surface area contributed by atoms with Crippen LogP contribution < -0.4 is 0 Å². The number of esters is 1. The van der Waals surface area contributed by atoms with E-state index in [0.29, 0.717) is 17.8 Å². The smallest absolute Gasteiger partial charge is 0.330 e. The molecule has 0 aromatic rings. The number of hydrogen-bond donors (Lipinski definition) is 0. The van der Waals surface area contributed by atoms with Crippen molar-refractivity contribution in [1.29, 1.82) is 0 Å². The normalized spacial score (nSPS) is 12.5. The highest BCUT2D eigenvalue weighted by molar-refractivity contribution is 6.75. The van der Waals surface area contributed by atoms with Crippen molar-refractivity contribution in [3.05, 3.63) is 12.2 Å². The van der Waals surface area contributed by atoms with Gasteiger partial charge in [-0.3, -0.25) is 0 Å². The first-order valence-electron chi connectivity index (χ1n) is 8.09. The van der Waals surface area contributed by atoms with Gasteiger partial charge in [-0.2, -0.15) is 0 Å². The van der Waals surface area contributed by atoms with Crippen LogP contribution in [0.5, 0.6) is 0 Å². The predicted octanol–water partition coefficient (Wildman–Crippen LogP) is 4.17. The number of hydrogen-bond acceptors (Lipinski definition) is 4. The summed E-state index contributed by atoms with van der Waals surface area (Å²) < 4.78 is 10.5. The standard InChI is InChI=1S/C17H32O4Si/c1-13(2)10-22(11-14(3)4,12-15(5)6)21-17(19)9-8-16(18)20-7/h8-9,13-15H,10-12H2,1-7H3. The minimum absolute atomic E-state index is 0.418. The third-order valence-electron chi connectivity index (χ3n) is 3.21. The Labute approximate surface area is 136 Å². The lowest BCUT2D eigenvalue weighted by Crippen LogP contribution is -2.43. The van der Waals surface area contributed by atoms with Crippen molar-refractivity contribution in [2.45, 2.75) is 59.7 Å². The van der Waals surface area contributed by atoms with E-state index in [1.807, 2.05) is 0 Å². The maximum Gasteiger partial charge on any atom is 0.330 e. The van der Waals surface area contributed by atoms with Crippen molar-refractivity contribution in [1.82, 2.24) is 0 Å². The molecule has 5 heteroatoms. The van der Waals surface area contributed by atoms with Crippen LogP contribution in [-0.4, -0.2) is 27.4 Å². The zero-order valence-corrected chi connectivity index (χ0v) is 16.1. The third kappa shape index (κ3) is 9.03. The molecular weight excluding hydrogens is 296 g/mol. The van der Waals surface area contributed by atoms with Gasteiger partial charge in [0.05, 0.1) is 7.11 Å². The van der Waals surface area contributed by atoms with Crippen LogP contribution in [0.3, 0.4) is 0 Å². The maximum absolute atomic E-state index is 12.1. The second-order valence-corrected chi connectivity index (χ2v) is 11.0. The Morgan fingerprint density at radius 2 is 1.18 bits per heavy atom. The molecule has 0 bridgehead atoms. The van der Waals surface area contributed by atoms with Crippen LogP contribution in [0.2, 0.25) is 18.1 Å². The van der Waals surface area contributed by atoms with E-state index in [-0.39, 0.29) is 0 Å². The molecule has 0 aliphatic rings. The topological polar surface area (TPSA) is 52.6 Å². The fraction of sp³-hybridized carbons (Fsp3) is 0.765. The van der Waals surface area contributed by atoms with E-state index >= 15 is 0 Å². The van der Waals surface area contributed by atoms with Gasteiger partial charge >= 0.3 is 11.9 Å². The lowest BCUT2D eigenvalue weighted by atomic mass is 10.2. The minimum atomic E-state index is -2.18. The van der Waals surface area contributed by atoms with Crippen LogP contribution in [0, 0.1) is 17.8 Å². The van der Waals surface area contributed by atoms with Gasteiger partial charge in [0.2, 0.25) is 0 Å². The van der Waals surface area contributed by atoms with Gasteiger partial charge in [0, 0.05) is 12.2 Å². The van der Waals surface area contributed by atoms with Crippen molar-refractivity contribution in [2.24, 2.45) is 17.8 Å². The summed E-state index contributed by atoms with van der Waals surface area (Å²) in [6.07, 6.45) is 2.32. The maximum atomic E-state index is 12.1. The SMILES string of the molecule is COC(=O)C=CC(=O)O[Si](CC(C)C)(CC(C)C)CC(C)C. The molecule has 0 N–H and O–H groups in total. The van der Waals surface area contributed by atoms with Crippen LogP contribution in [-0.2, 0) is 18.8 Å². The molecule has 0 aromatic heterocycles. The Morgan fingerprint density at radius 3 is 1.50 bits per heavy atom. The van der Waals surface area contributed by atoms with E-state index in [2.05, 4.69) is 46.3 Å². The summed E-state index contributed by atoms with van der Waals surface area (Å²) >= 11 is 0. The average molecular weight is 329 g/mol. The highest BCUT2D eigenvalue weighted by atomic mass is 28.4. The summed E-state index contributed by atoms with van der Waals surface area (Å²) in [5, 5.41) is 0. The van der Waals surface area contributed by atoms with E-state index in [9.17, 15) is 9.59 Å². The van der Waals surface area contributed by atoms with Crippen LogP contribution >= 0.6 is 0 Å². The lowest BCUT2D eigenvalue weighted by molar-refractivity contribution is -0.136. The van der Waals surface area contributed by atoms with Gasteiger partial charge in [-0.1, -0.05) is 41.5 Å². The fourth-order valence-electron chi connectivity index (χ4n) is 3.06. The molecular formula is C17H32O4Si. The highest BCUT2D eigenvalue weighted by Crippen LogP contribution is 2.33. The molecule has 0 aromatic carbocycles. The average Bonchev–Trinajstić information content (AvgIpc) is 2.32. The minimum Gasteiger partial charge on any atom is -0.516 e. The quantitative estimate of drug-likeness (QED) is 0.362. The van der Waals surface area contributed by atoms with Crippen LogP contribution in [0.15, 0.2) is 12.2 Å². The second kappa shape index (κ2) is 9.82. The summed E-state index contributed by atoms with van der Waals surface area (Å²) in [4.78, 5) is 23.3. The summed E-state index contributed by atoms with van der Waals surface area (Å²) in [7, 11) is -0.898. The van der Waals surface area contributed by atoms with Crippen molar-refractivity contribution in [2.75, 3.05) is 7.11 Å². The Hall–Kier alpha value is -1.10. The third-order valence-corrected chi connectivity index (χ3v) is 8.53. The van der Waals surface area contributed by atoms with Crippen LogP contribution in [0.4, 0.5) is 0 Å². The second-order valence-electron chi connectivity index (χ2n) is 7.25. The Bertz CT molecular complexity index is 360. The summed E-state index contributed by atoms with van der Waals surface area (Å²) in [5.74, 6) is 0.504. The molecule has 0 atom stereocenters. The van der Waals surface area contributed by atoms with Crippen LogP contribution in [0.1, 0.15) is 41.5 Å². The fourth-order valence-corrected chi connectivity index (χ4v) is 8.77. The predicted molar refractivity (Wildman–Crippen MR) is 91.9 cm³/mol. The molecule has 0 aliphatic carbocycles. The van der Waals surface area contributed by atoms with Gasteiger partial charge in [0.25, 0.3) is 8.32 Å². The molecule has 0 saturated carbocycles. The largest absolute Gasteiger partial charge is 0.516 e. The molecule has 0 fully saturated rings. The molecule has 0 rings (SSSR count). The molecule has 0 spiro atoms. The van der Waals surface area contributed by atoms with Crippen LogP contribution in [0.25, 0.3) is 0 Å². The van der Waals surface area contributed by atoms with Gasteiger partial charge in [0.1, 0.15) is 0 Å². The van der Waals surface area contributed by atoms with Gasteiger partial charge in [-0.05, 0) is 35.9 Å². The van der Waals surface area contributed by atoms with Gasteiger partial charge in [-0.15, -0.1) is 0 Å². The molecule has 128 valence electrons. The Balaban J connectivity index is 5.20. The van der Waals surface area contributed by atoms with Gasteiger partial charge in [0.15, 0.2) is 0 Å². The van der Waals surface area contributed by atoms with Gasteiger partial charge < -0.3 is 9.16 Å². The van der Waals surface area contributed by atoms with E-state index < -0.39 is 20.3 Å². The molecule has 0 unspecified atom stereocenters. The lowest BCUT2D eigenvalue weighted by Gasteiger charge is -2.35. The van der Waals surface area contributed by atoms with Crippen molar-refractivity contribution < 1.29 is 18.8 Å². The highest BCUT2D eigenvalue weighted by Gasteiger charge is 2.40. The van der Waals surface area contributed by atoms with Crippen molar-refractivity contribution >= 4 is 20.3 Å². The molecule has 4 nitrogen and oxygen atoms in total. The molecule has 22 heavy (non-hydrogen) atoms. The molecule has 0 amide bonds. The first-order valence-corrected chi connectivity index (χ1v) is 10.6. The number of rotatable bonds is 9.